The second-order valence-electron chi connectivity index (χ2n) is 7.24. The van der Waals surface area contributed by atoms with Crippen molar-refractivity contribution in [3.63, 3.8) is 0 Å². The minimum Gasteiger partial charge on any atom is -0.369 e. The Bertz CT molecular complexity index is 839. The first-order valence-electron chi connectivity index (χ1n) is 9.58. The summed E-state index contributed by atoms with van der Waals surface area (Å²) in [6.07, 6.45) is 5.43. The summed E-state index contributed by atoms with van der Waals surface area (Å²) in [5.74, 6) is 0.0202. The van der Waals surface area contributed by atoms with Crippen LogP contribution >= 0.6 is 0 Å². The van der Waals surface area contributed by atoms with Crippen LogP contribution in [-0.4, -0.2) is 34.9 Å². The molecule has 7 heteroatoms. The van der Waals surface area contributed by atoms with E-state index in [1.54, 1.807) is 24.4 Å². The highest BCUT2D eigenvalue weighted by atomic mass is 16.6. The average molecular weight is 370 g/mol. The van der Waals surface area contributed by atoms with E-state index in [0.717, 1.165) is 37.9 Å². The fourth-order valence-corrected chi connectivity index (χ4v) is 3.83. The number of nitro benzene ring substituents is 1. The number of hydrogen-bond donors (Lipinski definition) is 1. The van der Waals surface area contributed by atoms with Crippen molar-refractivity contribution in [3.8, 4) is 0 Å². The summed E-state index contributed by atoms with van der Waals surface area (Å²) in [7, 11) is 0. The minimum absolute atomic E-state index is 0.0570. The fraction of sp³-hybridized carbons (Fsp3) is 0.500. The van der Waals surface area contributed by atoms with Gasteiger partial charge < -0.3 is 10.2 Å². The Morgan fingerprint density at radius 1 is 1.44 bits per heavy atom. The molecule has 1 aliphatic rings. The van der Waals surface area contributed by atoms with E-state index in [0.29, 0.717) is 17.4 Å². The summed E-state index contributed by atoms with van der Waals surface area (Å²) < 4.78 is 0. The van der Waals surface area contributed by atoms with Crippen LogP contribution in [0.25, 0.3) is 10.9 Å². The molecule has 2 unspecified atom stereocenters. The van der Waals surface area contributed by atoms with Crippen LogP contribution in [0.2, 0.25) is 0 Å². The number of hydrogen-bond acceptors (Lipinski definition) is 5. The van der Waals surface area contributed by atoms with Crippen molar-refractivity contribution >= 4 is 28.2 Å². The highest BCUT2D eigenvalue weighted by molar-refractivity contribution is 5.97. The van der Waals surface area contributed by atoms with Crippen LogP contribution in [0.3, 0.4) is 0 Å². The van der Waals surface area contributed by atoms with Gasteiger partial charge >= 0.3 is 0 Å². The van der Waals surface area contributed by atoms with Gasteiger partial charge in [-0.05, 0) is 44.4 Å². The molecule has 1 aromatic heterocycles. The molecular weight excluding hydrogens is 344 g/mol. The smallest absolute Gasteiger partial charge is 0.278 e. The highest BCUT2D eigenvalue weighted by Crippen LogP contribution is 2.34. The van der Waals surface area contributed by atoms with E-state index in [-0.39, 0.29) is 28.5 Å². The molecule has 0 radical (unpaired) electrons. The van der Waals surface area contributed by atoms with Gasteiger partial charge in [0, 0.05) is 31.4 Å². The Kier molecular flexibility index (Phi) is 5.88. The van der Waals surface area contributed by atoms with Gasteiger partial charge in [0.1, 0.15) is 5.52 Å². The first-order valence-corrected chi connectivity index (χ1v) is 9.58. The molecule has 144 valence electrons. The molecule has 1 fully saturated rings. The lowest BCUT2D eigenvalue weighted by Crippen LogP contribution is -2.45. The van der Waals surface area contributed by atoms with Crippen LogP contribution in [0.1, 0.15) is 39.5 Å². The molecule has 1 aliphatic heterocycles. The lowest BCUT2D eigenvalue weighted by Gasteiger charge is -2.34. The largest absolute Gasteiger partial charge is 0.369 e. The van der Waals surface area contributed by atoms with Crippen molar-refractivity contribution < 1.29 is 9.72 Å². The number of aromatic nitrogens is 1. The summed E-state index contributed by atoms with van der Waals surface area (Å²) in [5.41, 5.74) is 1.53. The molecule has 1 aromatic carbocycles. The van der Waals surface area contributed by atoms with Crippen molar-refractivity contribution in [3.05, 3.63) is 40.6 Å². The third kappa shape index (κ3) is 4.18. The number of rotatable bonds is 6. The van der Waals surface area contributed by atoms with Crippen LogP contribution in [0.5, 0.6) is 0 Å². The molecule has 27 heavy (non-hydrogen) atoms. The average Bonchev–Trinajstić information content (AvgIpc) is 2.67. The normalized spacial score (nSPS) is 18.3. The summed E-state index contributed by atoms with van der Waals surface area (Å²) in [4.78, 5) is 30.1. The SMILES string of the molecule is CCCC(C)NC(=O)C1CCCN(c2ccc([N+](=O)[O-])c3cccnc23)C1. The molecule has 2 atom stereocenters. The van der Waals surface area contributed by atoms with E-state index < -0.39 is 0 Å². The molecule has 1 N–H and O–H groups in total. The number of pyridine rings is 1. The van der Waals surface area contributed by atoms with Gasteiger partial charge in [0.2, 0.25) is 5.91 Å². The highest BCUT2D eigenvalue weighted by Gasteiger charge is 2.28. The lowest BCUT2D eigenvalue weighted by molar-refractivity contribution is -0.383. The van der Waals surface area contributed by atoms with E-state index in [9.17, 15) is 14.9 Å². The van der Waals surface area contributed by atoms with E-state index in [2.05, 4.69) is 22.1 Å². The van der Waals surface area contributed by atoms with Gasteiger partial charge in [-0.3, -0.25) is 19.9 Å². The summed E-state index contributed by atoms with van der Waals surface area (Å²) >= 11 is 0. The third-order valence-electron chi connectivity index (χ3n) is 5.17. The third-order valence-corrected chi connectivity index (χ3v) is 5.17. The van der Waals surface area contributed by atoms with E-state index >= 15 is 0 Å². The number of nitrogens with zero attached hydrogens (tertiary/aromatic N) is 3. The van der Waals surface area contributed by atoms with Crippen molar-refractivity contribution in [2.75, 3.05) is 18.0 Å². The van der Waals surface area contributed by atoms with Crippen molar-refractivity contribution in [2.45, 2.75) is 45.6 Å². The molecule has 3 rings (SSSR count). The van der Waals surface area contributed by atoms with Gasteiger partial charge in [0.05, 0.1) is 21.9 Å². The van der Waals surface area contributed by atoms with Crippen LogP contribution in [0.15, 0.2) is 30.5 Å². The number of nitro groups is 1. The maximum absolute atomic E-state index is 12.6. The molecule has 0 spiro atoms. The summed E-state index contributed by atoms with van der Waals surface area (Å²) in [5, 5.41) is 15.0. The Labute approximate surface area is 158 Å². The molecule has 7 nitrogen and oxygen atoms in total. The number of carbonyl (C=O) groups is 1. The number of amides is 1. The second-order valence-corrected chi connectivity index (χ2v) is 7.24. The molecule has 0 bridgehead atoms. The van der Waals surface area contributed by atoms with Gasteiger partial charge in [0.15, 0.2) is 0 Å². The number of nitrogens with one attached hydrogen (secondary N) is 1. The Morgan fingerprint density at radius 3 is 3.00 bits per heavy atom. The Hall–Kier alpha value is -2.70. The second kappa shape index (κ2) is 8.33. The first-order chi connectivity index (χ1) is 13.0. The minimum atomic E-state index is -0.380. The van der Waals surface area contributed by atoms with Crippen molar-refractivity contribution in [2.24, 2.45) is 5.92 Å². The zero-order valence-electron chi connectivity index (χ0n) is 15.9. The predicted octanol–water partition coefficient (Wildman–Crippen LogP) is 3.66. The molecule has 0 aliphatic carbocycles. The molecule has 1 amide bonds. The number of anilines is 1. The molecule has 0 saturated carbocycles. The van der Waals surface area contributed by atoms with Gasteiger partial charge in [-0.25, -0.2) is 0 Å². The fourth-order valence-electron chi connectivity index (χ4n) is 3.83. The standard InChI is InChI=1S/C20H26N4O3/c1-3-6-14(2)22-20(25)15-7-5-12-23(13-15)18-10-9-17(24(26)27)16-8-4-11-21-19(16)18/h4,8-11,14-15H,3,5-7,12-13H2,1-2H3,(H,22,25). The lowest BCUT2D eigenvalue weighted by atomic mass is 9.95. The van der Waals surface area contributed by atoms with Crippen LogP contribution < -0.4 is 10.2 Å². The predicted molar refractivity (Wildman–Crippen MR) is 106 cm³/mol. The number of piperidine rings is 1. The molecular formula is C20H26N4O3. The zero-order valence-corrected chi connectivity index (χ0v) is 15.9. The number of carbonyl (C=O) groups excluding carboxylic acids is 1. The Morgan fingerprint density at radius 2 is 2.26 bits per heavy atom. The van der Waals surface area contributed by atoms with E-state index in [1.807, 2.05) is 6.92 Å². The number of fused-ring (bicyclic) bond motifs is 1. The zero-order chi connectivity index (χ0) is 19.4. The first kappa shape index (κ1) is 19.1. The molecule has 1 saturated heterocycles. The summed E-state index contributed by atoms with van der Waals surface area (Å²) in [6, 6.07) is 6.91. The van der Waals surface area contributed by atoms with E-state index in [1.165, 1.54) is 6.07 Å². The van der Waals surface area contributed by atoms with Crippen molar-refractivity contribution in [1.82, 2.24) is 10.3 Å². The van der Waals surface area contributed by atoms with Crippen LogP contribution in [0, 0.1) is 16.0 Å². The molecule has 2 aromatic rings. The number of benzene rings is 1. The molecule has 2 heterocycles. The Balaban J connectivity index is 1.83. The van der Waals surface area contributed by atoms with E-state index in [4.69, 9.17) is 0 Å². The van der Waals surface area contributed by atoms with Crippen molar-refractivity contribution in [1.29, 1.82) is 0 Å². The quantitative estimate of drug-likeness (QED) is 0.619. The van der Waals surface area contributed by atoms with Gasteiger partial charge in [-0.2, -0.15) is 0 Å². The maximum atomic E-state index is 12.6. The number of non-ortho nitro benzene ring substituents is 1. The van der Waals surface area contributed by atoms with Crippen LogP contribution in [-0.2, 0) is 4.79 Å². The topological polar surface area (TPSA) is 88.4 Å². The monoisotopic (exact) mass is 370 g/mol. The van der Waals surface area contributed by atoms with Crippen LogP contribution in [0.4, 0.5) is 11.4 Å². The maximum Gasteiger partial charge on any atom is 0.278 e. The van der Waals surface area contributed by atoms with Gasteiger partial charge in [-0.15, -0.1) is 0 Å². The van der Waals surface area contributed by atoms with Gasteiger partial charge in [0.25, 0.3) is 5.69 Å². The van der Waals surface area contributed by atoms with Gasteiger partial charge in [-0.1, -0.05) is 13.3 Å². The summed E-state index contributed by atoms with van der Waals surface area (Å²) in [6.45, 7) is 5.57.